The van der Waals surface area contributed by atoms with Gasteiger partial charge in [-0.3, -0.25) is 4.79 Å². The van der Waals surface area contributed by atoms with Crippen LogP contribution in [0, 0.1) is 0 Å². The normalized spacial score (nSPS) is 18.8. The van der Waals surface area contributed by atoms with Gasteiger partial charge < -0.3 is 10.2 Å². The van der Waals surface area contributed by atoms with E-state index >= 15 is 0 Å². The van der Waals surface area contributed by atoms with E-state index in [2.05, 4.69) is 22.8 Å². The molecule has 0 unspecified atom stereocenters. The molecule has 0 atom stereocenters. The third-order valence-electron chi connectivity index (χ3n) is 4.66. The highest BCUT2D eigenvalue weighted by atomic mass is 32.1. The lowest BCUT2D eigenvalue weighted by Gasteiger charge is -2.20. The first kappa shape index (κ1) is 13.9. The number of piperidine rings is 1. The molecule has 1 N–H and O–H groups in total. The second-order valence-electron chi connectivity index (χ2n) is 6.07. The van der Waals surface area contributed by atoms with Crippen LogP contribution in [-0.4, -0.2) is 31.0 Å². The zero-order chi connectivity index (χ0) is 15.1. The Hall–Kier alpha value is -1.72. The molecule has 5 heteroatoms. The highest BCUT2D eigenvalue weighted by molar-refractivity contribution is 7.10. The van der Waals surface area contributed by atoms with Crippen LogP contribution >= 0.6 is 11.3 Å². The summed E-state index contributed by atoms with van der Waals surface area (Å²) in [5.41, 5.74) is 4.31. The van der Waals surface area contributed by atoms with Crippen molar-refractivity contribution in [1.29, 1.82) is 0 Å². The van der Waals surface area contributed by atoms with Crippen LogP contribution in [0.5, 0.6) is 0 Å². The second-order valence-corrected chi connectivity index (χ2v) is 6.96. The number of thiazole rings is 1. The lowest BCUT2D eigenvalue weighted by molar-refractivity contribution is -0.117. The summed E-state index contributed by atoms with van der Waals surface area (Å²) in [6.07, 6.45) is 2.86. The number of carbonyl (C=O) groups is 1. The molecule has 1 aromatic carbocycles. The van der Waals surface area contributed by atoms with Gasteiger partial charge in [-0.2, -0.15) is 0 Å². The van der Waals surface area contributed by atoms with Gasteiger partial charge in [0.05, 0.1) is 17.1 Å². The molecule has 1 aromatic heterocycles. The predicted molar refractivity (Wildman–Crippen MR) is 89.5 cm³/mol. The number of nitrogens with one attached hydrogen (secondary N) is 1. The Labute approximate surface area is 134 Å². The van der Waals surface area contributed by atoms with E-state index in [-0.39, 0.29) is 5.91 Å². The minimum atomic E-state index is 0.167. The SMILES string of the molecule is CN1C(=O)Cc2cc(-c3csc(C4CCNCC4)n3)ccc21. The number of hydrogen-bond acceptors (Lipinski definition) is 4. The van der Waals surface area contributed by atoms with Gasteiger partial charge in [-0.25, -0.2) is 4.98 Å². The summed E-state index contributed by atoms with van der Waals surface area (Å²) >= 11 is 1.77. The Morgan fingerprint density at radius 2 is 2.14 bits per heavy atom. The van der Waals surface area contributed by atoms with Gasteiger partial charge in [0.1, 0.15) is 0 Å². The summed E-state index contributed by atoms with van der Waals surface area (Å²) in [5.74, 6) is 0.767. The molecule has 1 amide bonds. The van der Waals surface area contributed by atoms with Gasteiger partial charge in [-0.1, -0.05) is 6.07 Å². The van der Waals surface area contributed by atoms with Crippen molar-refractivity contribution < 1.29 is 4.79 Å². The molecule has 2 aromatic rings. The number of aromatic nitrogens is 1. The van der Waals surface area contributed by atoms with Crippen LogP contribution < -0.4 is 10.2 Å². The summed E-state index contributed by atoms with van der Waals surface area (Å²) in [7, 11) is 1.84. The van der Waals surface area contributed by atoms with Gasteiger partial charge in [0.2, 0.25) is 5.91 Å². The Kier molecular flexibility index (Phi) is 3.47. The quantitative estimate of drug-likeness (QED) is 0.927. The Balaban J connectivity index is 1.62. The molecular weight excluding hydrogens is 294 g/mol. The number of nitrogens with zero attached hydrogens (tertiary/aromatic N) is 2. The number of hydrogen-bond donors (Lipinski definition) is 1. The fourth-order valence-electron chi connectivity index (χ4n) is 3.31. The van der Waals surface area contributed by atoms with Crippen molar-refractivity contribution in [3.05, 3.63) is 34.2 Å². The van der Waals surface area contributed by atoms with Gasteiger partial charge in [-0.15, -0.1) is 11.3 Å². The Morgan fingerprint density at radius 3 is 2.95 bits per heavy atom. The maximum atomic E-state index is 11.8. The van der Waals surface area contributed by atoms with Crippen LogP contribution in [0.25, 0.3) is 11.3 Å². The summed E-state index contributed by atoms with van der Waals surface area (Å²) in [5, 5.41) is 6.81. The first-order chi connectivity index (χ1) is 10.7. The van der Waals surface area contributed by atoms with E-state index in [0.717, 1.165) is 35.6 Å². The zero-order valence-electron chi connectivity index (χ0n) is 12.6. The zero-order valence-corrected chi connectivity index (χ0v) is 13.4. The van der Waals surface area contributed by atoms with Crippen LogP contribution in [0.2, 0.25) is 0 Å². The van der Waals surface area contributed by atoms with E-state index in [9.17, 15) is 4.79 Å². The third kappa shape index (κ3) is 2.34. The number of fused-ring (bicyclic) bond motifs is 1. The smallest absolute Gasteiger partial charge is 0.231 e. The molecule has 4 rings (SSSR count). The standard InChI is InChI=1S/C17H19N3OS/c1-20-15-3-2-12(8-13(15)9-16(20)21)14-10-22-17(19-14)11-4-6-18-7-5-11/h2-3,8,10-11,18H,4-7,9H2,1H3. The average Bonchev–Trinajstić information content (AvgIpc) is 3.14. The molecule has 0 radical (unpaired) electrons. The summed E-state index contributed by atoms with van der Waals surface area (Å²) in [6.45, 7) is 2.18. The molecule has 1 fully saturated rings. The van der Waals surface area contributed by atoms with E-state index < -0.39 is 0 Å². The second kappa shape index (κ2) is 5.48. The van der Waals surface area contributed by atoms with Crippen molar-refractivity contribution in [3.63, 3.8) is 0 Å². The molecule has 22 heavy (non-hydrogen) atoms. The number of anilines is 1. The van der Waals surface area contributed by atoms with Crippen molar-refractivity contribution >= 4 is 22.9 Å². The Bertz CT molecular complexity index is 718. The van der Waals surface area contributed by atoms with Gasteiger partial charge >= 0.3 is 0 Å². The largest absolute Gasteiger partial charge is 0.317 e. The lowest BCUT2D eigenvalue weighted by Crippen LogP contribution is -2.26. The van der Waals surface area contributed by atoms with E-state index in [1.807, 2.05) is 13.1 Å². The van der Waals surface area contributed by atoms with Crippen molar-refractivity contribution in [2.75, 3.05) is 25.0 Å². The monoisotopic (exact) mass is 313 g/mol. The molecule has 0 bridgehead atoms. The molecule has 2 aliphatic heterocycles. The van der Waals surface area contributed by atoms with Gasteiger partial charge in [0.25, 0.3) is 0 Å². The average molecular weight is 313 g/mol. The van der Waals surface area contributed by atoms with E-state index in [0.29, 0.717) is 12.3 Å². The topological polar surface area (TPSA) is 45.2 Å². The van der Waals surface area contributed by atoms with Gasteiger partial charge in [0.15, 0.2) is 0 Å². The number of carbonyl (C=O) groups excluding carboxylic acids is 1. The van der Waals surface area contributed by atoms with Crippen molar-refractivity contribution in [2.24, 2.45) is 0 Å². The third-order valence-corrected chi connectivity index (χ3v) is 5.67. The van der Waals surface area contributed by atoms with Crippen LogP contribution in [0.15, 0.2) is 23.6 Å². The van der Waals surface area contributed by atoms with Crippen molar-refractivity contribution in [2.45, 2.75) is 25.2 Å². The highest BCUT2D eigenvalue weighted by Crippen LogP contribution is 2.34. The molecule has 3 heterocycles. The van der Waals surface area contributed by atoms with Gasteiger partial charge in [-0.05, 0) is 43.6 Å². The summed E-state index contributed by atoms with van der Waals surface area (Å²) in [4.78, 5) is 18.4. The van der Waals surface area contributed by atoms with E-state index in [1.165, 1.54) is 17.8 Å². The molecule has 0 aliphatic carbocycles. The highest BCUT2D eigenvalue weighted by Gasteiger charge is 2.24. The number of amides is 1. The summed E-state index contributed by atoms with van der Waals surface area (Å²) < 4.78 is 0. The molecule has 0 spiro atoms. The maximum absolute atomic E-state index is 11.8. The minimum Gasteiger partial charge on any atom is -0.317 e. The number of likely N-dealkylation sites (N-methyl/N-ethyl adjacent to an activating group) is 1. The van der Waals surface area contributed by atoms with Crippen molar-refractivity contribution in [3.8, 4) is 11.3 Å². The molecule has 114 valence electrons. The first-order valence-corrected chi connectivity index (χ1v) is 8.66. The van der Waals surface area contributed by atoms with Crippen LogP contribution in [-0.2, 0) is 11.2 Å². The molecule has 2 aliphatic rings. The van der Waals surface area contributed by atoms with Crippen LogP contribution in [0.3, 0.4) is 0 Å². The van der Waals surface area contributed by atoms with Crippen LogP contribution in [0.4, 0.5) is 5.69 Å². The van der Waals surface area contributed by atoms with Crippen molar-refractivity contribution in [1.82, 2.24) is 10.3 Å². The molecule has 0 saturated carbocycles. The molecular formula is C17H19N3OS. The molecule has 1 saturated heterocycles. The first-order valence-electron chi connectivity index (χ1n) is 7.78. The minimum absolute atomic E-state index is 0.167. The van der Waals surface area contributed by atoms with Crippen LogP contribution in [0.1, 0.15) is 29.3 Å². The van der Waals surface area contributed by atoms with Gasteiger partial charge in [0, 0.05) is 29.6 Å². The Morgan fingerprint density at radius 1 is 1.32 bits per heavy atom. The maximum Gasteiger partial charge on any atom is 0.231 e. The number of rotatable bonds is 2. The fraction of sp³-hybridized carbons (Fsp3) is 0.412. The predicted octanol–water partition coefficient (Wildman–Crippen LogP) is 2.80. The molecule has 4 nitrogen and oxygen atoms in total. The summed E-state index contributed by atoms with van der Waals surface area (Å²) in [6, 6.07) is 6.24. The van der Waals surface area contributed by atoms with E-state index in [1.54, 1.807) is 16.2 Å². The number of benzene rings is 1. The lowest BCUT2D eigenvalue weighted by atomic mass is 9.99. The van der Waals surface area contributed by atoms with E-state index in [4.69, 9.17) is 4.98 Å². The fourth-order valence-corrected chi connectivity index (χ4v) is 4.31.